The fraction of sp³-hybridized carbons (Fsp3) is 0.375. The Labute approximate surface area is 81.5 Å². The minimum absolute atomic E-state index is 0.124. The molecule has 72 valence electrons. The summed E-state index contributed by atoms with van der Waals surface area (Å²) in [5, 5.41) is 11.7. The number of hydrogen-bond acceptors (Lipinski definition) is 3. The normalized spacial score (nSPS) is 16.4. The number of nitrogens with one attached hydrogen (secondary N) is 1. The SMILES string of the molecule is CNC(=O)C1=C(Cl)C=CN(CO)C1. The summed E-state index contributed by atoms with van der Waals surface area (Å²) in [6.07, 6.45) is 3.24. The molecule has 0 unspecified atom stereocenters. The van der Waals surface area contributed by atoms with E-state index in [1.165, 1.54) is 0 Å². The van der Waals surface area contributed by atoms with E-state index in [0.717, 1.165) is 0 Å². The third kappa shape index (κ3) is 2.23. The minimum atomic E-state index is -0.215. The molecule has 5 heteroatoms. The van der Waals surface area contributed by atoms with Crippen molar-refractivity contribution in [2.75, 3.05) is 20.3 Å². The molecule has 0 saturated carbocycles. The van der Waals surface area contributed by atoms with Crippen molar-refractivity contribution in [3.05, 3.63) is 22.9 Å². The first-order chi connectivity index (χ1) is 6.19. The average molecular weight is 203 g/mol. The molecule has 0 atom stereocenters. The molecule has 2 N–H and O–H groups in total. The highest BCUT2D eigenvalue weighted by atomic mass is 35.5. The van der Waals surface area contributed by atoms with Gasteiger partial charge in [0.25, 0.3) is 0 Å². The molecule has 0 aromatic heterocycles. The number of aliphatic hydroxyl groups excluding tert-OH is 1. The predicted molar refractivity (Wildman–Crippen MR) is 49.9 cm³/mol. The second-order valence-corrected chi connectivity index (χ2v) is 3.02. The van der Waals surface area contributed by atoms with Crippen LogP contribution in [0.5, 0.6) is 0 Å². The highest BCUT2D eigenvalue weighted by Gasteiger charge is 2.17. The summed E-state index contributed by atoms with van der Waals surface area (Å²) in [5.74, 6) is -0.215. The van der Waals surface area contributed by atoms with Crippen molar-refractivity contribution in [2.24, 2.45) is 0 Å². The second kappa shape index (κ2) is 4.30. The van der Waals surface area contributed by atoms with Crippen LogP contribution in [0.4, 0.5) is 0 Å². The Morgan fingerprint density at radius 3 is 3.08 bits per heavy atom. The van der Waals surface area contributed by atoms with Gasteiger partial charge in [-0.05, 0) is 6.08 Å². The number of hydrogen-bond donors (Lipinski definition) is 2. The van der Waals surface area contributed by atoms with Gasteiger partial charge in [0.05, 0.1) is 17.2 Å². The van der Waals surface area contributed by atoms with E-state index in [1.807, 2.05) is 0 Å². The number of amides is 1. The van der Waals surface area contributed by atoms with E-state index in [1.54, 1.807) is 24.2 Å². The molecule has 4 nitrogen and oxygen atoms in total. The van der Waals surface area contributed by atoms with Gasteiger partial charge in [0.15, 0.2) is 0 Å². The van der Waals surface area contributed by atoms with Gasteiger partial charge in [0, 0.05) is 13.2 Å². The average Bonchev–Trinajstić information content (AvgIpc) is 2.17. The van der Waals surface area contributed by atoms with E-state index in [4.69, 9.17) is 16.7 Å². The fourth-order valence-corrected chi connectivity index (χ4v) is 1.23. The van der Waals surface area contributed by atoms with Crippen LogP contribution in [0.15, 0.2) is 22.9 Å². The zero-order valence-corrected chi connectivity index (χ0v) is 8.01. The van der Waals surface area contributed by atoms with Crippen molar-refractivity contribution >= 4 is 17.5 Å². The van der Waals surface area contributed by atoms with Gasteiger partial charge in [-0.3, -0.25) is 4.79 Å². The molecule has 1 aliphatic heterocycles. The Kier molecular flexibility index (Phi) is 3.33. The largest absolute Gasteiger partial charge is 0.376 e. The highest BCUT2D eigenvalue weighted by molar-refractivity contribution is 6.33. The maximum atomic E-state index is 11.2. The summed E-state index contributed by atoms with van der Waals surface area (Å²) in [4.78, 5) is 12.8. The summed E-state index contributed by atoms with van der Waals surface area (Å²) in [6, 6.07) is 0. The van der Waals surface area contributed by atoms with E-state index in [-0.39, 0.29) is 12.6 Å². The van der Waals surface area contributed by atoms with Gasteiger partial charge in [-0.2, -0.15) is 0 Å². The van der Waals surface area contributed by atoms with Gasteiger partial charge in [-0.15, -0.1) is 0 Å². The predicted octanol–water partition coefficient (Wildman–Crippen LogP) is 0.00440. The van der Waals surface area contributed by atoms with Crippen LogP contribution in [0.1, 0.15) is 0 Å². The monoisotopic (exact) mass is 202 g/mol. The molecule has 0 aliphatic carbocycles. The zero-order valence-electron chi connectivity index (χ0n) is 7.25. The lowest BCUT2D eigenvalue weighted by Gasteiger charge is -2.22. The Bertz CT molecular complexity index is 273. The molecule has 0 spiro atoms. The number of likely N-dealkylation sites (N-methyl/N-ethyl adjacent to an activating group) is 1. The van der Waals surface area contributed by atoms with Gasteiger partial charge in [-0.1, -0.05) is 11.6 Å². The Balaban J connectivity index is 2.81. The molecule has 0 fully saturated rings. The van der Waals surface area contributed by atoms with Crippen molar-refractivity contribution < 1.29 is 9.90 Å². The summed E-state index contributed by atoms with van der Waals surface area (Å²) in [7, 11) is 1.54. The zero-order chi connectivity index (χ0) is 9.84. The minimum Gasteiger partial charge on any atom is -0.376 e. The number of rotatable bonds is 2. The molecule has 0 aromatic carbocycles. The summed E-state index contributed by atoms with van der Waals surface area (Å²) < 4.78 is 0. The Morgan fingerprint density at radius 2 is 2.54 bits per heavy atom. The van der Waals surface area contributed by atoms with E-state index in [2.05, 4.69) is 5.32 Å². The van der Waals surface area contributed by atoms with Gasteiger partial charge in [-0.25, -0.2) is 0 Å². The third-order valence-electron chi connectivity index (χ3n) is 1.76. The highest BCUT2D eigenvalue weighted by Crippen LogP contribution is 2.17. The topological polar surface area (TPSA) is 52.6 Å². The number of allylic oxidation sites excluding steroid dienone is 2. The van der Waals surface area contributed by atoms with E-state index < -0.39 is 0 Å². The molecule has 0 radical (unpaired) electrons. The molecule has 1 heterocycles. The Morgan fingerprint density at radius 1 is 1.85 bits per heavy atom. The smallest absolute Gasteiger partial charge is 0.250 e. The summed E-state index contributed by atoms with van der Waals surface area (Å²) in [5.41, 5.74) is 0.473. The van der Waals surface area contributed by atoms with Crippen molar-refractivity contribution in [2.45, 2.75) is 0 Å². The van der Waals surface area contributed by atoms with Crippen LogP contribution in [0, 0.1) is 0 Å². The van der Waals surface area contributed by atoms with Crippen LogP contribution in [0.3, 0.4) is 0 Å². The lowest BCUT2D eigenvalue weighted by Crippen LogP contribution is -2.31. The number of aliphatic hydroxyl groups is 1. The molecule has 0 bridgehead atoms. The van der Waals surface area contributed by atoms with Gasteiger partial charge in [0.1, 0.15) is 6.73 Å². The quantitative estimate of drug-likeness (QED) is 0.663. The second-order valence-electron chi connectivity index (χ2n) is 2.61. The van der Waals surface area contributed by atoms with Gasteiger partial charge < -0.3 is 15.3 Å². The van der Waals surface area contributed by atoms with Crippen molar-refractivity contribution in [1.82, 2.24) is 10.2 Å². The first kappa shape index (κ1) is 10.1. The first-order valence-electron chi connectivity index (χ1n) is 3.83. The molecule has 13 heavy (non-hydrogen) atoms. The summed E-state index contributed by atoms with van der Waals surface area (Å²) >= 11 is 5.80. The molecular weight excluding hydrogens is 192 g/mol. The molecular formula is C8H11ClN2O2. The van der Waals surface area contributed by atoms with Crippen LogP contribution < -0.4 is 5.32 Å². The van der Waals surface area contributed by atoms with E-state index >= 15 is 0 Å². The van der Waals surface area contributed by atoms with Gasteiger partial charge in [0.2, 0.25) is 5.91 Å². The number of carbonyl (C=O) groups excluding carboxylic acids is 1. The number of carbonyl (C=O) groups is 1. The van der Waals surface area contributed by atoms with Crippen LogP contribution in [0.25, 0.3) is 0 Å². The lowest BCUT2D eigenvalue weighted by atomic mass is 10.2. The molecule has 1 aliphatic rings. The number of nitrogens with zero attached hydrogens (tertiary/aromatic N) is 1. The van der Waals surface area contributed by atoms with Crippen LogP contribution in [0.2, 0.25) is 0 Å². The molecule has 1 amide bonds. The fourth-order valence-electron chi connectivity index (χ4n) is 1.03. The third-order valence-corrected chi connectivity index (χ3v) is 2.12. The van der Waals surface area contributed by atoms with Crippen molar-refractivity contribution in [3.8, 4) is 0 Å². The molecule has 1 rings (SSSR count). The Hall–Kier alpha value is -1.00. The molecule has 0 aromatic rings. The van der Waals surface area contributed by atoms with E-state index in [9.17, 15) is 4.79 Å². The lowest BCUT2D eigenvalue weighted by molar-refractivity contribution is -0.117. The van der Waals surface area contributed by atoms with Crippen molar-refractivity contribution in [3.63, 3.8) is 0 Å². The summed E-state index contributed by atoms with van der Waals surface area (Å²) in [6.45, 7) is 0.215. The first-order valence-corrected chi connectivity index (χ1v) is 4.20. The van der Waals surface area contributed by atoms with Gasteiger partial charge >= 0.3 is 0 Å². The standard InChI is InChI=1S/C8H11ClN2O2/c1-10-8(13)6-4-11(5-12)3-2-7(6)9/h2-3,12H,4-5H2,1H3,(H,10,13). The van der Waals surface area contributed by atoms with E-state index in [0.29, 0.717) is 17.2 Å². The van der Waals surface area contributed by atoms with Crippen molar-refractivity contribution in [1.29, 1.82) is 0 Å². The maximum Gasteiger partial charge on any atom is 0.250 e. The maximum absolute atomic E-state index is 11.2. The molecule has 0 saturated heterocycles. The van der Waals surface area contributed by atoms with Crippen LogP contribution >= 0.6 is 11.6 Å². The van der Waals surface area contributed by atoms with Crippen LogP contribution in [-0.4, -0.2) is 36.2 Å². The number of halogens is 1. The van der Waals surface area contributed by atoms with Crippen LogP contribution in [-0.2, 0) is 4.79 Å².